The first kappa shape index (κ1) is 26.5. The molecule has 0 atom stereocenters. The lowest BCUT2D eigenvalue weighted by Gasteiger charge is -2.09. The molecule has 5 rings (SSSR count). The normalized spacial score (nSPS) is 11.5. The second kappa shape index (κ2) is 11.3. The van der Waals surface area contributed by atoms with E-state index in [9.17, 15) is 18.0 Å². The van der Waals surface area contributed by atoms with E-state index in [2.05, 4.69) is 42.8 Å². The van der Waals surface area contributed by atoms with E-state index in [4.69, 9.17) is 0 Å². The number of hydrogen-bond donors (Lipinski definition) is 3. The number of carbonyl (C=O) groups is 1. The number of nitrogens with one attached hydrogen (secondary N) is 3. The number of hydrogen-bond acceptors (Lipinski definition) is 8. The SMILES string of the molecule is Cc1ccncc1-c1cc2ncnc(NCCCc3cnc(NC(=O)Nc4cccc(C(F)(F)F)c4)s3)c2s1. The zero-order valence-electron chi connectivity index (χ0n) is 20.5. The van der Waals surface area contributed by atoms with Gasteiger partial charge in [-0.2, -0.15) is 13.2 Å². The molecule has 3 N–H and O–H groups in total. The number of aryl methyl sites for hydroxylation is 2. The van der Waals surface area contributed by atoms with Crippen molar-refractivity contribution in [2.45, 2.75) is 25.9 Å². The number of amides is 2. The zero-order chi connectivity index (χ0) is 27.4. The van der Waals surface area contributed by atoms with Crippen LogP contribution < -0.4 is 16.0 Å². The molecule has 0 saturated heterocycles. The van der Waals surface area contributed by atoms with Gasteiger partial charge in [0, 0.05) is 46.1 Å². The lowest BCUT2D eigenvalue weighted by molar-refractivity contribution is -0.137. The van der Waals surface area contributed by atoms with Crippen molar-refractivity contribution in [3.63, 3.8) is 0 Å². The van der Waals surface area contributed by atoms with Gasteiger partial charge in [-0.1, -0.05) is 6.07 Å². The summed E-state index contributed by atoms with van der Waals surface area (Å²) >= 11 is 2.93. The quantitative estimate of drug-likeness (QED) is 0.170. The van der Waals surface area contributed by atoms with Gasteiger partial charge in [0.1, 0.15) is 12.1 Å². The van der Waals surface area contributed by atoms with Crippen LogP contribution in [0.3, 0.4) is 0 Å². The Morgan fingerprint density at radius 3 is 2.72 bits per heavy atom. The van der Waals surface area contributed by atoms with Gasteiger partial charge in [-0.25, -0.2) is 19.7 Å². The molecule has 13 heteroatoms. The van der Waals surface area contributed by atoms with Crippen molar-refractivity contribution in [2.75, 3.05) is 22.5 Å². The zero-order valence-corrected chi connectivity index (χ0v) is 22.2. The summed E-state index contributed by atoms with van der Waals surface area (Å²) in [6.07, 6.45) is 3.88. The first-order chi connectivity index (χ1) is 18.8. The number of urea groups is 1. The first-order valence-electron chi connectivity index (χ1n) is 11.9. The van der Waals surface area contributed by atoms with Crippen molar-refractivity contribution < 1.29 is 18.0 Å². The average molecular weight is 570 g/mol. The maximum atomic E-state index is 12.9. The van der Waals surface area contributed by atoms with E-state index in [1.807, 2.05) is 18.3 Å². The van der Waals surface area contributed by atoms with Crippen LogP contribution in [0.4, 0.5) is 34.6 Å². The molecule has 2 amide bonds. The number of pyridine rings is 1. The van der Waals surface area contributed by atoms with Crippen molar-refractivity contribution >= 4 is 55.6 Å². The highest BCUT2D eigenvalue weighted by atomic mass is 32.1. The molecule has 0 aliphatic heterocycles. The largest absolute Gasteiger partial charge is 0.416 e. The van der Waals surface area contributed by atoms with Crippen LogP contribution in [0.2, 0.25) is 0 Å². The number of alkyl halides is 3. The number of aromatic nitrogens is 4. The summed E-state index contributed by atoms with van der Waals surface area (Å²) in [5, 5.41) is 8.71. The Bertz CT molecular complexity index is 1620. The Balaban J connectivity index is 1.13. The van der Waals surface area contributed by atoms with Gasteiger partial charge in [-0.15, -0.1) is 22.7 Å². The number of thiophene rings is 1. The molecule has 0 fully saturated rings. The summed E-state index contributed by atoms with van der Waals surface area (Å²) in [7, 11) is 0. The molecule has 0 saturated carbocycles. The number of rotatable bonds is 8. The smallest absolute Gasteiger partial charge is 0.369 e. The molecule has 0 aliphatic rings. The molecule has 0 radical (unpaired) electrons. The summed E-state index contributed by atoms with van der Waals surface area (Å²) in [4.78, 5) is 31.5. The van der Waals surface area contributed by atoms with Gasteiger partial charge in [-0.3, -0.25) is 10.3 Å². The highest BCUT2D eigenvalue weighted by molar-refractivity contribution is 7.22. The van der Waals surface area contributed by atoms with Crippen molar-refractivity contribution in [1.29, 1.82) is 0 Å². The van der Waals surface area contributed by atoms with Crippen LogP contribution in [0.1, 0.15) is 22.4 Å². The Kier molecular flexibility index (Phi) is 7.70. The monoisotopic (exact) mass is 569 g/mol. The fourth-order valence-electron chi connectivity index (χ4n) is 3.82. The van der Waals surface area contributed by atoms with Gasteiger partial charge in [0.25, 0.3) is 0 Å². The molecule has 0 bridgehead atoms. The van der Waals surface area contributed by atoms with Crippen molar-refractivity contribution in [3.8, 4) is 10.4 Å². The number of halogens is 3. The first-order valence-corrected chi connectivity index (χ1v) is 13.5. The highest BCUT2D eigenvalue weighted by Crippen LogP contribution is 2.36. The standard InChI is InChI=1S/C26H22F3N7OS2/c1-15-7-9-30-13-19(15)21-11-20-22(39-21)23(34-14-33-20)31-8-3-6-18-12-32-25(38-18)36-24(37)35-17-5-2-4-16(10-17)26(27,28)29/h2,4-5,7,9-14H,3,6,8H2,1H3,(H,31,33,34)(H2,32,35,36,37). The van der Waals surface area contributed by atoms with Crippen molar-refractivity contribution in [1.82, 2.24) is 19.9 Å². The van der Waals surface area contributed by atoms with Gasteiger partial charge in [0.15, 0.2) is 5.13 Å². The summed E-state index contributed by atoms with van der Waals surface area (Å²) in [5.41, 5.74) is 2.29. The number of thiazole rings is 1. The van der Waals surface area contributed by atoms with Crippen molar-refractivity contribution in [2.24, 2.45) is 0 Å². The third kappa shape index (κ3) is 6.49. The molecule has 39 heavy (non-hydrogen) atoms. The van der Waals surface area contributed by atoms with E-state index >= 15 is 0 Å². The van der Waals surface area contributed by atoms with Gasteiger partial charge < -0.3 is 10.6 Å². The van der Waals surface area contributed by atoms with Gasteiger partial charge in [0.05, 0.1) is 15.8 Å². The fourth-order valence-corrected chi connectivity index (χ4v) is 5.82. The van der Waals surface area contributed by atoms with Gasteiger partial charge in [-0.05, 0) is 55.7 Å². The summed E-state index contributed by atoms with van der Waals surface area (Å²) < 4.78 is 39.6. The minimum atomic E-state index is -4.49. The Morgan fingerprint density at radius 2 is 1.90 bits per heavy atom. The molecular weight excluding hydrogens is 547 g/mol. The third-order valence-electron chi connectivity index (χ3n) is 5.73. The maximum Gasteiger partial charge on any atom is 0.416 e. The number of nitrogens with zero attached hydrogens (tertiary/aromatic N) is 4. The fraction of sp³-hybridized carbons (Fsp3) is 0.192. The summed E-state index contributed by atoms with van der Waals surface area (Å²) in [5.74, 6) is 0.774. The maximum absolute atomic E-state index is 12.9. The summed E-state index contributed by atoms with van der Waals surface area (Å²) in [6, 6.07) is 7.81. The van der Waals surface area contributed by atoms with E-state index < -0.39 is 17.8 Å². The molecule has 4 heterocycles. The predicted octanol–water partition coefficient (Wildman–Crippen LogP) is 7.23. The topological polar surface area (TPSA) is 105 Å². The van der Waals surface area contributed by atoms with Crippen LogP contribution >= 0.6 is 22.7 Å². The minimum Gasteiger partial charge on any atom is -0.369 e. The minimum absolute atomic E-state index is 0.0393. The molecule has 8 nitrogen and oxygen atoms in total. The molecule has 0 unspecified atom stereocenters. The molecule has 1 aromatic carbocycles. The summed E-state index contributed by atoms with van der Waals surface area (Å²) in [6.45, 7) is 2.72. The van der Waals surface area contributed by atoms with E-state index in [0.29, 0.717) is 11.7 Å². The van der Waals surface area contributed by atoms with E-state index in [1.54, 1.807) is 30.1 Å². The van der Waals surface area contributed by atoms with E-state index in [-0.39, 0.29) is 5.69 Å². The molecule has 0 spiro atoms. The lowest BCUT2D eigenvalue weighted by Crippen LogP contribution is -2.19. The lowest BCUT2D eigenvalue weighted by atomic mass is 10.1. The van der Waals surface area contributed by atoms with Crippen LogP contribution in [0.25, 0.3) is 20.7 Å². The highest BCUT2D eigenvalue weighted by Gasteiger charge is 2.30. The molecule has 0 aliphatic carbocycles. The molecule has 200 valence electrons. The van der Waals surface area contributed by atoms with Gasteiger partial charge >= 0.3 is 12.2 Å². The van der Waals surface area contributed by atoms with Crippen LogP contribution in [0.15, 0.2) is 61.3 Å². The average Bonchev–Trinajstić information content (AvgIpc) is 3.53. The Labute approximate surface area is 229 Å². The Hall–Kier alpha value is -4.10. The second-order valence-electron chi connectivity index (χ2n) is 8.56. The number of anilines is 3. The van der Waals surface area contributed by atoms with Crippen LogP contribution in [0.5, 0.6) is 0 Å². The van der Waals surface area contributed by atoms with Gasteiger partial charge in [0.2, 0.25) is 0 Å². The predicted molar refractivity (Wildman–Crippen MR) is 148 cm³/mol. The molecule has 4 aromatic heterocycles. The van der Waals surface area contributed by atoms with Crippen LogP contribution in [-0.4, -0.2) is 32.5 Å². The van der Waals surface area contributed by atoms with E-state index in [1.165, 1.54) is 23.5 Å². The number of carbonyl (C=O) groups excluding carboxylic acids is 1. The third-order valence-corrected chi connectivity index (χ3v) is 7.87. The number of fused-ring (bicyclic) bond motifs is 1. The van der Waals surface area contributed by atoms with Crippen molar-refractivity contribution in [3.05, 3.63) is 77.3 Å². The van der Waals surface area contributed by atoms with Crippen LogP contribution in [0, 0.1) is 6.92 Å². The molecular formula is C26H22F3N7OS2. The van der Waals surface area contributed by atoms with Crippen LogP contribution in [-0.2, 0) is 12.6 Å². The number of benzene rings is 1. The van der Waals surface area contributed by atoms with E-state index in [0.717, 1.165) is 61.9 Å². The Morgan fingerprint density at radius 1 is 1.03 bits per heavy atom. The second-order valence-corrected chi connectivity index (χ2v) is 10.7. The molecule has 5 aromatic rings.